The van der Waals surface area contributed by atoms with Gasteiger partial charge in [-0.3, -0.25) is 34.0 Å². The Labute approximate surface area is 550 Å². The summed E-state index contributed by atoms with van der Waals surface area (Å²) in [4.78, 5) is 60.7. The average Bonchev–Trinajstić information content (AvgIpc) is 1.78. The minimum absolute atomic E-state index is 0.0959. The van der Waals surface area contributed by atoms with Gasteiger partial charge in [-0.2, -0.15) is 0 Å². The third-order valence-electron chi connectivity index (χ3n) is 20.0. The van der Waals surface area contributed by atoms with Gasteiger partial charge in [-0.05, 0) is 301 Å². The molecular formula is C82H91BrN4O4. The van der Waals surface area contributed by atoms with Crippen molar-refractivity contribution in [3.63, 3.8) is 0 Å². The van der Waals surface area contributed by atoms with Crippen LogP contribution < -0.4 is 5.32 Å². The van der Waals surface area contributed by atoms with E-state index in [1.165, 1.54) is 104 Å². The number of pyridine rings is 2. The quantitative estimate of drug-likeness (QED) is 0.107. The molecule has 4 aliphatic carbocycles. The first-order chi connectivity index (χ1) is 44.0. The number of aromatic nitrogens is 2. The lowest BCUT2D eigenvalue weighted by molar-refractivity contribution is 0.0892. The lowest BCUT2D eigenvalue weighted by atomic mass is 9.85. The van der Waals surface area contributed by atoms with Crippen molar-refractivity contribution in [2.24, 2.45) is 29.6 Å². The summed E-state index contributed by atoms with van der Waals surface area (Å²) in [5.74, 6) is 3.27. The van der Waals surface area contributed by atoms with Crippen LogP contribution in [0.4, 0.5) is 0 Å². The Morgan fingerprint density at radius 3 is 1.34 bits per heavy atom. The van der Waals surface area contributed by atoms with Crippen LogP contribution in [0.2, 0.25) is 0 Å². The minimum atomic E-state index is 0.0959. The normalized spacial score (nSPS) is 18.8. The molecule has 91 heavy (non-hydrogen) atoms. The molecule has 1 N–H and O–H groups in total. The van der Waals surface area contributed by atoms with E-state index >= 15 is 0 Å². The number of benzene rings is 6. The minimum Gasteiger partial charge on any atom is -0.317 e. The number of halogens is 1. The lowest BCUT2D eigenvalue weighted by Crippen LogP contribution is -2.34. The molecule has 0 saturated carbocycles. The van der Waals surface area contributed by atoms with Crippen LogP contribution in [0.1, 0.15) is 169 Å². The number of Topliss-reactive ketones (excluding diaryl/α,β-unsaturated/α-hetero) is 4. The van der Waals surface area contributed by atoms with Gasteiger partial charge >= 0.3 is 0 Å². The first kappa shape index (κ1) is 66.4. The summed E-state index contributed by atoms with van der Waals surface area (Å²) in [5.41, 5.74) is 24.6. The molecule has 9 heteroatoms. The molecule has 3 unspecified atom stereocenters. The monoisotopic (exact) mass is 1270 g/mol. The maximum Gasteiger partial charge on any atom is 0.189 e. The highest BCUT2D eigenvalue weighted by atomic mass is 79.9. The fraction of sp³-hybridized carbons (Fsp3) is 0.366. The Hall–Kier alpha value is -7.56. The van der Waals surface area contributed by atoms with E-state index in [2.05, 4.69) is 170 Å². The Bertz CT molecular complexity index is 3880. The number of hydrogen-bond acceptors (Lipinski definition) is 8. The van der Waals surface area contributed by atoms with E-state index in [4.69, 9.17) is 0 Å². The molecule has 3 atom stereocenters. The fourth-order valence-corrected chi connectivity index (χ4v) is 14.5. The number of likely N-dealkylation sites (tertiary alicyclic amines) is 1. The largest absolute Gasteiger partial charge is 0.317 e. The summed E-state index contributed by atoms with van der Waals surface area (Å²) in [6.45, 7) is 22.4. The lowest BCUT2D eigenvalue weighted by Gasteiger charge is -2.33. The zero-order valence-electron chi connectivity index (χ0n) is 54.8. The number of alkyl halides is 1. The number of ketones is 4. The number of allylic oxidation sites excluding steroid dienone is 1. The number of carbonyl (C=O) groups is 4. The second-order valence-electron chi connectivity index (χ2n) is 26.7. The molecule has 2 saturated heterocycles. The smallest absolute Gasteiger partial charge is 0.189 e. The number of piperidine rings is 2. The van der Waals surface area contributed by atoms with Crippen LogP contribution in [0, 0.1) is 85.0 Å². The van der Waals surface area contributed by atoms with Gasteiger partial charge in [0.25, 0.3) is 0 Å². The fourth-order valence-electron chi connectivity index (χ4n) is 14.1. The van der Waals surface area contributed by atoms with Gasteiger partial charge in [0.1, 0.15) is 0 Å². The number of rotatable bonds is 10. The van der Waals surface area contributed by atoms with Gasteiger partial charge in [0.05, 0.1) is 0 Å². The van der Waals surface area contributed by atoms with Crippen LogP contribution in [0.3, 0.4) is 0 Å². The molecule has 8 aromatic rings. The predicted octanol–water partition coefficient (Wildman–Crippen LogP) is 17.4. The van der Waals surface area contributed by atoms with Crippen LogP contribution in [0.25, 0.3) is 6.08 Å². The van der Waals surface area contributed by atoms with E-state index in [-0.39, 0.29) is 23.5 Å². The standard InChI is InChI=1S/C24H29NO.C17H23NO.C17H17NO.C17H15NO.C7H7Br/c1-17-12-21-15-22(24(26)23(21)13-18(17)2)14-19-8-10-25(11-9-19)16-20-6-4-3-5-7-20;3*1-11-7-14-10-15(9-13-3-5-18-6-4-13)17(19)16(14)8-12(11)2;8-6-7-4-2-1-3-5-7/h3-7,12-13,19,22H,8-11,14-16H2,1-2H3;7-8,13,15,18H,3-6,9-10H2,1-2H3;3-8,15H,9-10H2,1-2H3;3-9H,10H2,1-2H3;1-5H,6H2/b;;;15-9+;. The summed E-state index contributed by atoms with van der Waals surface area (Å²) in [6.07, 6.45) is 20.5. The molecule has 0 amide bonds. The van der Waals surface area contributed by atoms with E-state index < -0.39 is 0 Å². The number of aryl methyl sites for hydroxylation is 8. The molecule has 8 nitrogen and oxygen atoms in total. The molecule has 0 bridgehead atoms. The Morgan fingerprint density at radius 2 is 0.868 bits per heavy atom. The molecule has 4 heterocycles. The van der Waals surface area contributed by atoms with Crippen LogP contribution in [0.15, 0.2) is 164 Å². The Balaban J connectivity index is 0.000000129. The molecule has 2 fully saturated rings. The van der Waals surface area contributed by atoms with Crippen molar-refractivity contribution in [2.75, 3.05) is 26.2 Å². The summed E-state index contributed by atoms with van der Waals surface area (Å²) in [7, 11) is 0. The highest BCUT2D eigenvalue weighted by Gasteiger charge is 2.36. The van der Waals surface area contributed by atoms with E-state index in [1.807, 2.05) is 61.5 Å². The molecule has 0 spiro atoms. The van der Waals surface area contributed by atoms with Crippen molar-refractivity contribution < 1.29 is 19.2 Å². The maximum atomic E-state index is 12.8. The Morgan fingerprint density at radius 1 is 0.462 bits per heavy atom. The van der Waals surface area contributed by atoms with Gasteiger partial charge in [0.2, 0.25) is 0 Å². The number of carbonyl (C=O) groups excluding carboxylic acids is 4. The topological polar surface area (TPSA) is 109 Å². The number of fused-ring (bicyclic) bond motifs is 4. The second kappa shape index (κ2) is 31.2. The van der Waals surface area contributed by atoms with Gasteiger partial charge in [-0.1, -0.05) is 101 Å². The highest BCUT2D eigenvalue weighted by molar-refractivity contribution is 9.08. The average molecular weight is 1280 g/mol. The van der Waals surface area contributed by atoms with Crippen molar-refractivity contribution in [1.29, 1.82) is 0 Å². The first-order valence-corrected chi connectivity index (χ1v) is 34.2. The van der Waals surface area contributed by atoms with Crippen molar-refractivity contribution in [3.8, 4) is 0 Å². The van der Waals surface area contributed by atoms with Gasteiger partial charge in [0.15, 0.2) is 23.1 Å². The summed E-state index contributed by atoms with van der Waals surface area (Å²) in [5, 5.41) is 4.35. The highest BCUT2D eigenvalue weighted by Crippen LogP contribution is 2.38. The summed E-state index contributed by atoms with van der Waals surface area (Å²) >= 11 is 3.36. The van der Waals surface area contributed by atoms with Gasteiger partial charge in [-0.25, -0.2) is 0 Å². The van der Waals surface area contributed by atoms with E-state index in [0.717, 1.165) is 128 Å². The van der Waals surface area contributed by atoms with Gasteiger partial charge in [0, 0.05) is 88.7 Å². The van der Waals surface area contributed by atoms with E-state index in [9.17, 15) is 19.2 Å². The van der Waals surface area contributed by atoms with Crippen LogP contribution in [0.5, 0.6) is 0 Å². The molecule has 2 aliphatic heterocycles. The van der Waals surface area contributed by atoms with Crippen LogP contribution >= 0.6 is 15.9 Å². The van der Waals surface area contributed by atoms with Crippen molar-refractivity contribution in [1.82, 2.24) is 20.2 Å². The Kier molecular flexibility index (Phi) is 22.7. The van der Waals surface area contributed by atoms with Gasteiger partial charge < -0.3 is 5.32 Å². The van der Waals surface area contributed by atoms with Crippen LogP contribution in [-0.4, -0.2) is 64.2 Å². The molecule has 6 aliphatic rings. The number of nitrogens with one attached hydrogen (secondary N) is 1. The molecule has 6 aromatic carbocycles. The predicted molar refractivity (Wildman–Crippen MR) is 375 cm³/mol. The zero-order chi connectivity index (χ0) is 64.1. The van der Waals surface area contributed by atoms with Crippen molar-refractivity contribution in [2.45, 2.75) is 138 Å². The zero-order valence-corrected chi connectivity index (χ0v) is 56.4. The second-order valence-corrected chi connectivity index (χ2v) is 27.2. The third-order valence-corrected chi connectivity index (χ3v) is 20.7. The van der Waals surface area contributed by atoms with Gasteiger partial charge in [-0.15, -0.1) is 0 Å². The number of hydrogen-bond donors (Lipinski definition) is 1. The van der Waals surface area contributed by atoms with E-state index in [1.54, 1.807) is 24.8 Å². The summed E-state index contributed by atoms with van der Waals surface area (Å²) < 4.78 is 0. The molecule has 14 rings (SSSR count). The molecule has 2 aromatic heterocycles. The molecule has 470 valence electrons. The summed E-state index contributed by atoms with van der Waals surface area (Å²) in [6, 6.07) is 45.9. The maximum absolute atomic E-state index is 12.8. The third kappa shape index (κ3) is 17.1. The molecular weight excluding hydrogens is 1180 g/mol. The van der Waals surface area contributed by atoms with Crippen molar-refractivity contribution >= 4 is 45.1 Å². The number of nitrogens with zero attached hydrogens (tertiary/aromatic N) is 3. The van der Waals surface area contributed by atoms with Crippen LogP contribution in [-0.2, 0) is 44.0 Å². The molecule has 0 radical (unpaired) electrons. The van der Waals surface area contributed by atoms with E-state index in [0.29, 0.717) is 23.3 Å². The SMILES string of the molecule is BrCc1ccccc1.Cc1cc2c(cc1C)C(=O)/C(=C/c1ccncc1)C2.Cc1cc2c(cc1C)C(=O)C(CC1CCN(Cc3ccccc3)CC1)C2.Cc1cc2c(cc1C)C(=O)C(CC1CCNCC1)C2.Cc1cc2c(cc1C)C(=O)C(Cc1ccncc1)C2. The first-order valence-electron chi connectivity index (χ1n) is 33.1. The van der Waals surface area contributed by atoms with Crippen molar-refractivity contribution in [3.05, 3.63) is 275 Å².